The molecule has 1 unspecified atom stereocenters. The molecule has 37 heavy (non-hydrogen) atoms. The highest BCUT2D eigenvalue weighted by atomic mass is 16.5. The van der Waals surface area contributed by atoms with Crippen LogP contribution in [0.25, 0.3) is 10.9 Å². The van der Waals surface area contributed by atoms with Crippen molar-refractivity contribution < 1.29 is 14.6 Å². The van der Waals surface area contributed by atoms with Crippen molar-refractivity contribution in [3.8, 4) is 0 Å². The molecule has 2 saturated heterocycles. The summed E-state index contributed by atoms with van der Waals surface area (Å²) in [5.74, 6) is 0.636. The summed E-state index contributed by atoms with van der Waals surface area (Å²) < 4.78 is 7.57. The van der Waals surface area contributed by atoms with E-state index in [9.17, 15) is 9.90 Å². The van der Waals surface area contributed by atoms with Crippen LogP contribution in [0.1, 0.15) is 74.7 Å². The number of nitrogens with one attached hydrogen (secondary N) is 1. The number of carbonyl (C=O) groups is 1. The number of pyridine rings is 1. The molecule has 2 aliphatic heterocycles. The lowest BCUT2D eigenvalue weighted by Crippen LogP contribution is -2.49. The highest BCUT2D eigenvalue weighted by Crippen LogP contribution is 2.31. The molecule has 3 aromatic rings. The van der Waals surface area contributed by atoms with Crippen LogP contribution in [0.4, 0.5) is 5.95 Å². The van der Waals surface area contributed by atoms with Gasteiger partial charge in [-0.15, -0.1) is 0 Å². The number of hydrogen-bond acceptors (Lipinski definition) is 7. The molecule has 1 atom stereocenters. The predicted molar refractivity (Wildman–Crippen MR) is 143 cm³/mol. The van der Waals surface area contributed by atoms with Crippen LogP contribution in [-0.4, -0.2) is 69.0 Å². The van der Waals surface area contributed by atoms with Crippen molar-refractivity contribution in [3.63, 3.8) is 0 Å². The number of piperidine rings is 1. The number of fused-ring (bicyclic) bond motifs is 1. The second-order valence-electron chi connectivity index (χ2n) is 11.3. The molecule has 198 valence electrons. The molecule has 0 saturated carbocycles. The molecule has 2 N–H and O–H groups in total. The Labute approximate surface area is 218 Å². The minimum atomic E-state index is -0.316. The minimum Gasteiger partial charge on any atom is -0.392 e. The van der Waals surface area contributed by atoms with Gasteiger partial charge in [0.05, 0.1) is 22.9 Å². The van der Waals surface area contributed by atoms with Gasteiger partial charge in [0.15, 0.2) is 0 Å². The van der Waals surface area contributed by atoms with Crippen molar-refractivity contribution in [1.29, 1.82) is 0 Å². The summed E-state index contributed by atoms with van der Waals surface area (Å²) in [5.41, 5.74) is 3.23. The van der Waals surface area contributed by atoms with E-state index in [1.54, 1.807) is 6.20 Å². The monoisotopic (exact) mass is 506 g/mol. The van der Waals surface area contributed by atoms with Gasteiger partial charge in [-0.3, -0.25) is 9.78 Å². The first-order chi connectivity index (χ1) is 17.7. The third kappa shape index (κ3) is 5.48. The van der Waals surface area contributed by atoms with Gasteiger partial charge in [0.1, 0.15) is 0 Å². The summed E-state index contributed by atoms with van der Waals surface area (Å²) in [6.07, 6.45) is 8.20. The van der Waals surface area contributed by atoms with Crippen LogP contribution >= 0.6 is 0 Å². The second-order valence-corrected chi connectivity index (χ2v) is 11.3. The van der Waals surface area contributed by atoms with Gasteiger partial charge in [-0.25, -0.2) is 9.97 Å². The van der Waals surface area contributed by atoms with E-state index in [-0.39, 0.29) is 29.5 Å². The molecule has 0 bridgehead atoms. The number of rotatable bonds is 6. The number of aromatic nitrogens is 4. The zero-order valence-electron chi connectivity index (χ0n) is 22.3. The van der Waals surface area contributed by atoms with Crippen molar-refractivity contribution in [3.05, 3.63) is 47.7 Å². The van der Waals surface area contributed by atoms with Gasteiger partial charge in [-0.2, -0.15) is 0 Å². The Balaban J connectivity index is 1.38. The molecule has 2 fully saturated rings. The van der Waals surface area contributed by atoms with E-state index in [0.29, 0.717) is 44.1 Å². The van der Waals surface area contributed by atoms with E-state index in [1.807, 2.05) is 18.5 Å². The minimum absolute atomic E-state index is 0.0548. The zero-order chi connectivity index (χ0) is 26.2. The highest BCUT2D eigenvalue weighted by Gasteiger charge is 2.35. The summed E-state index contributed by atoms with van der Waals surface area (Å²) in [4.78, 5) is 29.4. The third-order valence-corrected chi connectivity index (χ3v) is 7.65. The largest absolute Gasteiger partial charge is 0.392 e. The van der Waals surface area contributed by atoms with E-state index in [2.05, 4.69) is 53.5 Å². The van der Waals surface area contributed by atoms with Gasteiger partial charge < -0.3 is 24.6 Å². The van der Waals surface area contributed by atoms with Crippen LogP contribution in [-0.2, 0) is 11.2 Å². The lowest BCUT2D eigenvalue weighted by Gasteiger charge is -2.41. The maximum atomic E-state index is 13.2. The first kappa shape index (κ1) is 25.6. The molecule has 2 aliphatic rings. The summed E-state index contributed by atoms with van der Waals surface area (Å²) in [6.45, 7) is 11.2. The van der Waals surface area contributed by atoms with E-state index in [1.165, 1.54) is 0 Å². The first-order valence-electron chi connectivity index (χ1n) is 13.3. The predicted octanol–water partition coefficient (Wildman–Crippen LogP) is 3.50. The third-order valence-electron chi connectivity index (χ3n) is 7.65. The fourth-order valence-corrected chi connectivity index (χ4v) is 5.33. The number of aliphatic hydroxyl groups is 1. The molecule has 1 amide bonds. The summed E-state index contributed by atoms with van der Waals surface area (Å²) in [5, 5.41) is 14.4. The number of ether oxygens (including phenoxy) is 1. The van der Waals surface area contributed by atoms with Gasteiger partial charge in [0.25, 0.3) is 5.91 Å². The van der Waals surface area contributed by atoms with Crippen molar-refractivity contribution in [2.24, 2.45) is 5.41 Å². The average molecular weight is 507 g/mol. The van der Waals surface area contributed by atoms with E-state index in [4.69, 9.17) is 14.7 Å². The normalized spacial score (nSPS) is 20.5. The van der Waals surface area contributed by atoms with E-state index < -0.39 is 0 Å². The Morgan fingerprint density at radius 1 is 1.22 bits per heavy atom. The van der Waals surface area contributed by atoms with Crippen LogP contribution in [0.2, 0.25) is 0 Å². The van der Waals surface area contributed by atoms with E-state index in [0.717, 1.165) is 41.7 Å². The molecule has 9 nitrogen and oxygen atoms in total. The Kier molecular flexibility index (Phi) is 7.18. The fourth-order valence-electron chi connectivity index (χ4n) is 5.33. The van der Waals surface area contributed by atoms with Crippen molar-refractivity contribution >= 4 is 22.8 Å². The standard InChI is InChI=1S/C28H38N6O3/c1-18(2)34-16-23(26(36)31-19-7-11-37-12-8-19)22-15-30-21(14-24(22)34)13-20-5-9-29-27(32-20)33-10-6-25(35)28(3,4)17-33/h5,9,14-16,18-19,25,35H,6-8,10-13,17H2,1-4H3,(H,31,36). The number of carbonyl (C=O) groups excluding carboxylic acids is 1. The zero-order valence-corrected chi connectivity index (χ0v) is 22.3. The Morgan fingerprint density at radius 3 is 2.73 bits per heavy atom. The van der Waals surface area contributed by atoms with E-state index >= 15 is 0 Å². The number of aliphatic hydroxyl groups excluding tert-OH is 1. The molecule has 0 spiro atoms. The van der Waals surface area contributed by atoms with Crippen molar-refractivity contribution in [1.82, 2.24) is 24.8 Å². The number of nitrogens with zero attached hydrogens (tertiary/aromatic N) is 5. The topological polar surface area (TPSA) is 105 Å². The van der Waals surface area contributed by atoms with Gasteiger partial charge in [0.2, 0.25) is 5.95 Å². The van der Waals surface area contributed by atoms with Gasteiger partial charge in [0, 0.05) is 79.9 Å². The summed E-state index contributed by atoms with van der Waals surface area (Å²) >= 11 is 0. The second kappa shape index (κ2) is 10.4. The number of hydrogen-bond donors (Lipinski definition) is 2. The highest BCUT2D eigenvalue weighted by molar-refractivity contribution is 6.07. The number of amides is 1. The molecule has 5 rings (SSSR count). The van der Waals surface area contributed by atoms with Crippen LogP contribution in [0.5, 0.6) is 0 Å². The van der Waals surface area contributed by atoms with Gasteiger partial charge in [-0.1, -0.05) is 13.8 Å². The van der Waals surface area contributed by atoms with Gasteiger partial charge in [-0.05, 0) is 45.2 Å². The molecule has 3 aromatic heterocycles. The molecular formula is C28H38N6O3. The molecule has 5 heterocycles. The van der Waals surface area contributed by atoms with Crippen LogP contribution < -0.4 is 10.2 Å². The lowest BCUT2D eigenvalue weighted by atomic mass is 9.81. The van der Waals surface area contributed by atoms with Crippen LogP contribution in [0.3, 0.4) is 0 Å². The van der Waals surface area contributed by atoms with Crippen molar-refractivity contribution in [2.45, 2.75) is 71.6 Å². The molecule has 0 radical (unpaired) electrons. The molecule has 9 heteroatoms. The number of anilines is 1. The molecular weight excluding hydrogens is 468 g/mol. The average Bonchev–Trinajstić information content (AvgIpc) is 3.26. The Bertz CT molecular complexity index is 1260. The Hall–Kier alpha value is -3.04. The Morgan fingerprint density at radius 2 is 2.00 bits per heavy atom. The van der Waals surface area contributed by atoms with Crippen molar-refractivity contribution in [2.75, 3.05) is 31.2 Å². The van der Waals surface area contributed by atoms with Crippen LogP contribution in [0, 0.1) is 5.41 Å². The maximum absolute atomic E-state index is 13.2. The smallest absolute Gasteiger partial charge is 0.253 e. The lowest BCUT2D eigenvalue weighted by molar-refractivity contribution is 0.0332. The summed E-state index contributed by atoms with van der Waals surface area (Å²) in [6, 6.07) is 4.34. The van der Waals surface area contributed by atoms with Gasteiger partial charge >= 0.3 is 0 Å². The fraction of sp³-hybridized carbons (Fsp3) is 0.571. The molecule has 0 aliphatic carbocycles. The summed E-state index contributed by atoms with van der Waals surface area (Å²) in [7, 11) is 0. The van der Waals surface area contributed by atoms with Crippen LogP contribution in [0.15, 0.2) is 30.7 Å². The first-order valence-corrected chi connectivity index (χ1v) is 13.3. The molecule has 0 aromatic carbocycles. The maximum Gasteiger partial charge on any atom is 0.253 e. The quantitative estimate of drug-likeness (QED) is 0.527. The SMILES string of the molecule is CC(C)n1cc(C(=O)NC2CCOCC2)c2cnc(Cc3ccnc(N4CCC(O)C(C)(C)C4)n3)cc21.